The van der Waals surface area contributed by atoms with Gasteiger partial charge >= 0.3 is 6.18 Å². The second-order valence-corrected chi connectivity index (χ2v) is 5.15. The van der Waals surface area contributed by atoms with Crippen LogP contribution in [0.15, 0.2) is 41.6 Å². The summed E-state index contributed by atoms with van der Waals surface area (Å²) in [6, 6.07) is 4.94. The number of halogens is 4. The van der Waals surface area contributed by atoms with Crippen LogP contribution in [-0.4, -0.2) is 40.3 Å². The smallest absolute Gasteiger partial charge is 0.288 e. The van der Waals surface area contributed by atoms with Crippen molar-refractivity contribution in [2.75, 3.05) is 7.05 Å². The first kappa shape index (κ1) is 20.0. The van der Waals surface area contributed by atoms with Crippen LogP contribution in [0, 0.1) is 5.82 Å². The number of carbonyl (C=O) groups is 2. The number of hydrogen-bond donors (Lipinski definition) is 2. The quantitative estimate of drug-likeness (QED) is 0.366. The summed E-state index contributed by atoms with van der Waals surface area (Å²) in [4.78, 5) is 27.0. The summed E-state index contributed by atoms with van der Waals surface area (Å²) in [5.41, 5.74) is -1.07. The molecular weight excluding hydrogens is 372 g/mol. The van der Waals surface area contributed by atoms with Crippen molar-refractivity contribution in [3.8, 4) is 0 Å². The van der Waals surface area contributed by atoms with Gasteiger partial charge in [-0.3, -0.25) is 19.8 Å². The topological polar surface area (TPSA) is 94.9 Å². The molecule has 0 atom stereocenters. The van der Waals surface area contributed by atoms with Crippen LogP contribution in [0.3, 0.4) is 0 Å². The number of hydrazone groups is 1. The summed E-state index contributed by atoms with van der Waals surface area (Å²) in [5, 5.41) is 12.7. The van der Waals surface area contributed by atoms with Gasteiger partial charge in [-0.1, -0.05) is 12.1 Å². The Kier molecular flexibility index (Phi) is 5.85. The fourth-order valence-electron chi connectivity index (χ4n) is 2.02. The first-order chi connectivity index (χ1) is 12.6. The molecule has 11 heteroatoms. The lowest BCUT2D eigenvalue weighted by Gasteiger charge is -2.15. The molecule has 7 nitrogen and oxygen atoms in total. The van der Waals surface area contributed by atoms with E-state index in [2.05, 4.69) is 10.1 Å². The van der Waals surface area contributed by atoms with Crippen LogP contribution in [0.1, 0.15) is 32.0 Å². The van der Waals surface area contributed by atoms with E-state index in [9.17, 15) is 27.2 Å². The maximum Gasteiger partial charge on any atom is 0.417 e. The van der Waals surface area contributed by atoms with Crippen molar-refractivity contribution >= 4 is 18.0 Å². The Bertz CT molecular complexity index is 899. The van der Waals surface area contributed by atoms with Gasteiger partial charge in [-0.15, -0.1) is 0 Å². The van der Waals surface area contributed by atoms with Gasteiger partial charge < -0.3 is 0 Å². The lowest BCUT2D eigenvalue weighted by Crippen LogP contribution is -2.25. The van der Waals surface area contributed by atoms with Crippen LogP contribution in [0.4, 0.5) is 17.6 Å². The van der Waals surface area contributed by atoms with E-state index in [4.69, 9.17) is 5.21 Å². The van der Waals surface area contributed by atoms with Crippen molar-refractivity contribution in [3.05, 3.63) is 64.7 Å². The summed E-state index contributed by atoms with van der Waals surface area (Å²) < 4.78 is 52.8. The number of nitrogens with zero attached hydrogens (tertiary/aromatic N) is 3. The highest BCUT2D eigenvalue weighted by Gasteiger charge is 2.35. The van der Waals surface area contributed by atoms with Crippen molar-refractivity contribution in [2.45, 2.75) is 6.18 Å². The summed E-state index contributed by atoms with van der Waals surface area (Å²) in [6.07, 6.45) is -2.98. The van der Waals surface area contributed by atoms with Gasteiger partial charge in [0.25, 0.3) is 11.8 Å². The van der Waals surface area contributed by atoms with Crippen LogP contribution < -0.4 is 5.48 Å². The molecule has 2 rings (SSSR count). The maximum absolute atomic E-state index is 13.9. The highest BCUT2D eigenvalue weighted by molar-refractivity contribution is 5.96. The van der Waals surface area contributed by atoms with E-state index in [1.165, 1.54) is 11.5 Å². The third-order valence-corrected chi connectivity index (χ3v) is 3.34. The van der Waals surface area contributed by atoms with Gasteiger partial charge in [-0.05, 0) is 18.2 Å². The molecule has 1 aromatic carbocycles. The Morgan fingerprint density at radius 3 is 2.56 bits per heavy atom. The van der Waals surface area contributed by atoms with Crippen molar-refractivity contribution < 1.29 is 32.4 Å². The fourth-order valence-corrected chi connectivity index (χ4v) is 2.02. The molecular formula is C16H12F4N4O3. The van der Waals surface area contributed by atoms with Crippen molar-refractivity contribution in [2.24, 2.45) is 5.10 Å². The third-order valence-electron chi connectivity index (χ3n) is 3.34. The monoisotopic (exact) mass is 384 g/mol. The first-order valence-corrected chi connectivity index (χ1v) is 7.23. The number of hydrogen-bond acceptors (Lipinski definition) is 5. The molecule has 1 aromatic heterocycles. The Labute approximate surface area is 149 Å². The average molecular weight is 384 g/mol. The fraction of sp³-hybridized carbons (Fsp3) is 0.125. The van der Waals surface area contributed by atoms with Crippen LogP contribution in [-0.2, 0) is 6.18 Å². The largest absolute Gasteiger partial charge is 0.417 e. The molecule has 0 aliphatic rings. The lowest BCUT2D eigenvalue weighted by atomic mass is 10.1. The second kappa shape index (κ2) is 7.91. The van der Waals surface area contributed by atoms with Gasteiger partial charge in [-0.25, -0.2) is 14.9 Å². The molecule has 0 fully saturated rings. The van der Waals surface area contributed by atoms with Gasteiger partial charge in [-0.2, -0.15) is 18.3 Å². The zero-order chi connectivity index (χ0) is 20.2. The number of nitrogens with one attached hydrogen (secondary N) is 1. The number of carbonyl (C=O) groups excluding carboxylic acids is 2. The third kappa shape index (κ3) is 4.64. The van der Waals surface area contributed by atoms with Crippen LogP contribution in [0.2, 0.25) is 0 Å². The normalized spacial score (nSPS) is 11.5. The number of rotatable bonds is 4. The lowest BCUT2D eigenvalue weighted by molar-refractivity contribution is -0.138. The number of hydroxylamine groups is 1. The van der Waals surface area contributed by atoms with Crippen LogP contribution >= 0.6 is 0 Å². The van der Waals surface area contributed by atoms with Gasteiger partial charge in [0.2, 0.25) is 0 Å². The molecule has 2 aromatic rings. The van der Waals surface area contributed by atoms with E-state index in [1.807, 2.05) is 0 Å². The molecule has 142 valence electrons. The molecule has 0 radical (unpaired) electrons. The Hall–Kier alpha value is -3.34. The highest BCUT2D eigenvalue weighted by Crippen LogP contribution is 2.32. The minimum atomic E-state index is -4.73. The molecule has 2 amide bonds. The van der Waals surface area contributed by atoms with E-state index in [0.29, 0.717) is 5.01 Å². The second-order valence-electron chi connectivity index (χ2n) is 5.15. The molecule has 0 bridgehead atoms. The molecule has 1 heterocycles. The number of alkyl halides is 3. The standard InChI is InChI=1S/C16H12F4N4O3/c1-24(15(26)10-4-2-3-5-11(10)16(18,19)20)22-8-13-12(17)6-9(7-21-13)14(25)23-27/h2-8,27H,1H3,(H,23,25). The highest BCUT2D eigenvalue weighted by atomic mass is 19.4. The summed E-state index contributed by atoms with van der Waals surface area (Å²) in [6.45, 7) is 0. The number of pyridine rings is 1. The number of aromatic nitrogens is 1. The Balaban J connectivity index is 2.24. The molecule has 0 aliphatic heterocycles. The molecule has 0 unspecified atom stereocenters. The Morgan fingerprint density at radius 2 is 1.96 bits per heavy atom. The predicted molar refractivity (Wildman–Crippen MR) is 84.6 cm³/mol. The van der Waals surface area contributed by atoms with Gasteiger partial charge in [0.05, 0.1) is 22.9 Å². The maximum atomic E-state index is 13.9. The average Bonchev–Trinajstić information content (AvgIpc) is 2.64. The van der Waals surface area contributed by atoms with Gasteiger partial charge in [0.15, 0.2) is 5.82 Å². The number of amides is 2. The van der Waals surface area contributed by atoms with E-state index in [1.54, 1.807) is 0 Å². The molecule has 0 aliphatic carbocycles. The van der Waals surface area contributed by atoms with Crippen LogP contribution in [0.25, 0.3) is 0 Å². The molecule has 2 N–H and O–H groups in total. The zero-order valence-electron chi connectivity index (χ0n) is 13.7. The number of benzene rings is 1. The molecule has 27 heavy (non-hydrogen) atoms. The van der Waals surface area contributed by atoms with Gasteiger partial charge in [0.1, 0.15) is 5.69 Å². The summed E-state index contributed by atoms with van der Waals surface area (Å²) in [5.74, 6) is -3.03. The van der Waals surface area contributed by atoms with Crippen molar-refractivity contribution in [1.82, 2.24) is 15.5 Å². The Morgan fingerprint density at radius 1 is 1.30 bits per heavy atom. The van der Waals surface area contributed by atoms with E-state index < -0.39 is 34.9 Å². The SMILES string of the molecule is CN(N=Cc1ncc(C(=O)NO)cc1F)C(=O)c1ccccc1C(F)(F)F. The minimum absolute atomic E-state index is 0.268. The molecule has 0 saturated heterocycles. The van der Waals surface area contributed by atoms with Crippen molar-refractivity contribution in [1.29, 1.82) is 0 Å². The van der Waals surface area contributed by atoms with E-state index >= 15 is 0 Å². The van der Waals surface area contributed by atoms with Crippen LogP contribution in [0.5, 0.6) is 0 Å². The molecule has 0 spiro atoms. The van der Waals surface area contributed by atoms with Gasteiger partial charge in [0, 0.05) is 13.2 Å². The zero-order valence-corrected chi connectivity index (χ0v) is 13.7. The first-order valence-electron chi connectivity index (χ1n) is 7.23. The summed E-state index contributed by atoms with van der Waals surface area (Å²) in [7, 11) is 1.09. The predicted octanol–water partition coefficient (Wildman–Crippen LogP) is 2.46. The molecule has 0 saturated carbocycles. The van der Waals surface area contributed by atoms with Crippen molar-refractivity contribution in [3.63, 3.8) is 0 Å². The van der Waals surface area contributed by atoms with E-state index in [0.717, 1.165) is 43.7 Å². The minimum Gasteiger partial charge on any atom is -0.288 e. The van der Waals surface area contributed by atoms with E-state index in [-0.39, 0.29) is 11.3 Å². The summed E-state index contributed by atoms with van der Waals surface area (Å²) >= 11 is 0.